The van der Waals surface area contributed by atoms with Gasteiger partial charge in [-0.25, -0.2) is 0 Å². The maximum Gasteiger partial charge on any atom is 0.0453 e. The van der Waals surface area contributed by atoms with Crippen molar-refractivity contribution in [2.45, 2.75) is 44.7 Å². The van der Waals surface area contributed by atoms with Crippen molar-refractivity contribution in [3.05, 3.63) is 53.3 Å². The maximum atomic E-state index is 5.95. The summed E-state index contributed by atoms with van der Waals surface area (Å²) in [6, 6.07) is 13.0. The normalized spacial score (nSPS) is 16.4. The maximum absolute atomic E-state index is 5.95. The van der Waals surface area contributed by atoms with Crippen molar-refractivity contribution < 1.29 is 0 Å². The molecular formula is C17H21ClN2. The first-order valence-corrected chi connectivity index (χ1v) is 7.86. The van der Waals surface area contributed by atoms with Crippen LogP contribution in [0.4, 0.5) is 0 Å². The van der Waals surface area contributed by atoms with Crippen molar-refractivity contribution in [2.24, 2.45) is 0 Å². The molecule has 2 aromatic rings. The summed E-state index contributed by atoms with van der Waals surface area (Å²) < 4.78 is 2.23. The van der Waals surface area contributed by atoms with Gasteiger partial charge in [-0.15, -0.1) is 0 Å². The second-order valence-corrected chi connectivity index (χ2v) is 6.00. The molecular weight excluding hydrogens is 268 g/mol. The number of halogens is 1. The summed E-state index contributed by atoms with van der Waals surface area (Å²) >= 11 is 5.95. The lowest BCUT2D eigenvalue weighted by Crippen LogP contribution is -2.31. The van der Waals surface area contributed by atoms with Crippen LogP contribution in [0, 0.1) is 0 Å². The number of benzene rings is 1. The molecule has 1 N–H and O–H groups in total. The zero-order valence-corrected chi connectivity index (χ0v) is 12.4. The third-order valence-electron chi connectivity index (χ3n) is 4.12. The smallest absolute Gasteiger partial charge is 0.0453 e. The Balaban J connectivity index is 1.68. The van der Waals surface area contributed by atoms with E-state index in [9.17, 15) is 0 Å². The van der Waals surface area contributed by atoms with Crippen molar-refractivity contribution in [3.63, 3.8) is 0 Å². The van der Waals surface area contributed by atoms with Gasteiger partial charge in [0, 0.05) is 35.2 Å². The highest BCUT2D eigenvalue weighted by molar-refractivity contribution is 6.30. The average Bonchev–Trinajstić information content (AvgIpc) is 2.95. The van der Waals surface area contributed by atoms with Gasteiger partial charge in [0.15, 0.2) is 0 Å². The second-order valence-electron chi connectivity index (χ2n) is 5.56. The number of nitrogens with one attached hydrogen (secondary N) is 1. The van der Waals surface area contributed by atoms with Crippen LogP contribution < -0.4 is 5.32 Å². The summed E-state index contributed by atoms with van der Waals surface area (Å²) in [6.07, 6.45) is 8.90. The molecule has 0 radical (unpaired) electrons. The number of aromatic nitrogens is 1. The number of hydrogen-bond donors (Lipinski definition) is 1. The van der Waals surface area contributed by atoms with Gasteiger partial charge in [0.2, 0.25) is 0 Å². The van der Waals surface area contributed by atoms with Crippen LogP contribution >= 0.6 is 11.6 Å². The van der Waals surface area contributed by atoms with Crippen molar-refractivity contribution in [2.75, 3.05) is 0 Å². The number of nitrogens with zero attached hydrogens (tertiary/aromatic N) is 1. The Morgan fingerprint density at radius 1 is 1.05 bits per heavy atom. The first-order valence-electron chi connectivity index (χ1n) is 7.48. The molecule has 0 amide bonds. The average molecular weight is 289 g/mol. The third kappa shape index (κ3) is 3.25. The summed E-state index contributed by atoms with van der Waals surface area (Å²) in [5.41, 5.74) is 2.47. The minimum atomic E-state index is 0.692. The molecule has 0 spiro atoms. The molecule has 1 fully saturated rings. The summed E-state index contributed by atoms with van der Waals surface area (Å²) in [4.78, 5) is 0. The molecule has 3 heteroatoms. The predicted molar refractivity (Wildman–Crippen MR) is 84.5 cm³/mol. The van der Waals surface area contributed by atoms with Crippen LogP contribution in [-0.2, 0) is 6.54 Å². The molecule has 20 heavy (non-hydrogen) atoms. The van der Waals surface area contributed by atoms with Crippen LogP contribution in [0.2, 0.25) is 5.02 Å². The highest BCUT2D eigenvalue weighted by Gasteiger charge is 2.13. The van der Waals surface area contributed by atoms with Crippen LogP contribution in [0.3, 0.4) is 0 Å². The number of rotatable bonds is 4. The fraction of sp³-hybridized carbons (Fsp3) is 0.412. The first-order chi connectivity index (χ1) is 9.83. The summed E-state index contributed by atoms with van der Waals surface area (Å²) in [5.74, 6) is 0. The molecule has 2 nitrogen and oxygen atoms in total. The molecule has 0 aliphatic heterocycles. The molecule has 106 valence electrons. The van der Waals surface area contributed by atoms with Crippen LogP contribution in [0.15, 0.2) is 42.6 Å². The van der Waals surface area contributed by atoms with E-state index in [2.05, 4.69) is 40.3 Å². The SMILES string of the molecule is Clc1ccc(-n2cccc2CNC2CCCCC2)cc1. The van der Waals surface area contributed by atoms with Gasteiger partial charge < -0.3 is 9.88 Å². The van der Waals surface area contributed by atoms with E-state index in [1.54, 1.807) is 0 Å². The molecule has 3 rings (SSSR count). The Bertz CT molecular complexity index is 538. The Labute approximate surface area is 125 Å². The second kappa shape index (κ2) is 6.47. The van der Waals surface area contributed by atoms with Gasteiger partial charge >= 0.3 is 0 Å². The lowest BCUT2D eigenvalue weighted by Gasteiger charge is -2.23. The Morgan fingerprint density at radius 2 is 1.80 bits per heavy atom. The van der Waals surface area contributed by atoms with E-state index in [1.807, 2.05) is 12.1 Å². The van der Waals surface area contributed by atoms with Crippen LogP contribution in [-0.4, -0.2) is 10.6 Å². The van der Waals surface area contributed by atoms with E-state index in [0.717, 1.165) is 11.6 Å². The molecule has 0 unspecified atom stereocenters. The Hall–Kier alpha value is -1.25. The minimum absolute atomic E-state index is 0.692. The predicted octanol–water partition coefficient (Wildman–Crippen LogP) is 4.55. The Kier molecular flexibility index (Phi) is 4.44. The topological polar surface area (TPSA) is 17.0 Å². The highest BCUT2D eigenvalue weighted by atomic mass is 35.5. The van der Waals surface area contributed by atoms with Crippen molar-refractivity contribution >= 4 is 11.6 Å². The van der Waals surface area contributed by atoms with Crippen LogP contribution in [0.5, 0.6) is 0 Å². The van der Waals surface area contributed by atoms with Crippen molar-refractivity contribution in [3.8, 4) is 5.69 Å². The molecule has 0 saturated heterocycles. The first kappa shape index (κ1) is 13.7. The fourth-order valence-electron chi connectivity index (χ4n) is 2.97. The van der Waals surface area contributed by atoms with Crippen molar-refractivity contribution in [1.29, 1.82) is 0 Å². The zero-order chi connectivity index (χ0) is 13.8. The lowest BCUT2D eigenvalue weighted by molar-refractivity contribution is 0.370. The molecule has 1 aromatic carbocycles. The van der Waals surface area contributed by atoms with Gasteiger partial charge in [0.05, 0.1) is 0 Å². The minimum Gasteiger partial charge on any atom is -0.320 e. The van der Waals surface area contributed by atoms with Gasteiger partial charge in [-0.1, -0.05) is 30.9 Å². The molecule has 0 atom stereocenters. The van der Waals surface area contributed by atoms with E-state index in [1.165, 1.54) is 43.5 Å². The monoisotopic (exact) mass is 288 g/mol. The Morgan fingerprint density at radius 3 is 2.55 bits per heavy atom. The van der Waals surface area contributed by atoms with Gasteiger partial charge in [-0.3, -0.25) is 0 Å². The molecule has 1 saturated carbocycles. The van der Waals surface area contributed by atoms with Gasteiger partial charge in [-0.05, 0) is 49.2 Å². The fourth-order valence-corrected chi connectivity index (χ4v) is 3.10. The largest absolute Gasteiger partial charge is 0.320 e. The molecule has 1 aromatic heterocycles. The van der Waals surface area contributed by atoms with E-state index in [0.29, 0.717) is 6.04 Å². The lowest BCUT2D eigenvalue weighted by atomic mass is 9.95. The van der Waals surface area contributed by atoms with Gasteiger partial charge in [-0.2, -0.15) is 0 Å². The standard InChI is InChI=1S/C17H21ClN2/c18-14-8-10-16(11-9-14)20-12-4-7-17(20)13-19-15-5-2-1-3-6-15/h4,7-12,15,19H,1-3,5-6,13H2. The van der Waals surface area contributed by atoms with E-state index >= 15 is 0 Å². The molecule has 0 bridgehead atoms. The van der Waals surface area contributed by atoms with Crippen molar-refractivity contribution in [1.82, 2.24) is 9.88 Å². The number of hydrogen-bond acceptors (Lipinski definition) is 1. The van der Waals surface area contributed by atoms with E-state index < -0.39 is 0 Å². The third-order valence-corrected chi connectivity index (χ3v) is 4.37. The highest BCUT2D eigenvalue weighted by Crippen LogP contribution is 2.19. The summed E-state index contributed by atoms with van der Waals surface area (Å²) in [6.45, 7) is 0.931. The summed E-state index contributed by atoms with van der Waals surface area (Å²) in [5, 5.41) is 4.48. The molecule has 1 aliphatic rings. The quantitative estimate of drug-likeness (QED) is 0.873. The molecule has 1 heterocycles. The van der Waals surface area contributed by atoms with E-state index in [4.69, 9.17) is 11.6 Å². The van der Waals surface area contributed by atoms with E-state index in [-0.39, 0.29) is 0 Å². The van der Waals surface area contributed by atoms with Gasteiger partial charge in [0.1, 0.15) is 0 Å². The van der Waals surface area contributed by atoms with Crippen LogP contribution in [0.1, 0.15) is 37.8 Å². The zero-order valence-electron chi connectivity index (χ0n) is 11.7. The van der Waals surface area contributed by atoms with Gasteiger partial charge in [0.25, 0.3) is 0 Å². The summed E-state index contributed by atoms with van der Waals surface area (Å²) in [7, 11) is 0. The molecule has 1 aliphatic carbocycles. The van der Waals surface area contributed by atoms with Crippen LogP contribution in [0.25, 0.3) is 5.69 Å².